The van der Waals surface area contributed by atoms with E-state index in [0.717, 1.165) is 23.6 Å². The number of aliphatic hydroxyl groups excluding tert-OH is 3. The summed E-state index contributed by atoms with van der Waals surface area (Å²) in [7, 11) is -4.25. The van der Waals surface area contributed by atoms with Gasteiger partial charge >= 0.3 is 29.6 Å². The zero-order valence-corrected chi connectivity index (χ0v) is 28.0. The zero-order chi connectivity index (χ0) is 32.8. The van der Waals surface area contributed by atoms with Crippen LogP contribution >= 0.6 is 0 Å². The number of nitrogens with one attached hydrogen (secondary N) is 2. The summed E-state index contributed by atoms with van der Waals surface area (Å²) in [4.78, 5) is 24.0. The van der Waals surface area contributed by atoms with E-state index in [0.29, 0.717) is 5.69 Å². The van der Waals surface area contributed by atoms with Gasteiger partial charge in [-0.1, -0.05) is 59.8 Å². The van der Waals surface area contributed by atoms with E-state index >= 15 is 0 Å². The third-order valence-corrected chi connectivity index (χ3v) is 7.74. The Morgan fingerprint density at radius 2 is 1.78 bits per heavy atom. The van der Waals surface area contributed by atoms with Crippen molar-refractivity contribution in [3.8, 4) is 22.4 Å². The fourth-order valence-corrected chi connectivity index (χ4v) is 5.35. The summed E-state index contributed by atoms with van der Waals surface area (Å²) < 4.78 is 36.9. The summed E-state index contributed by atoms with van der Waals surface area (Å²) in [5, 5.41) is 59.6. The predicted molar refractivity (Wildman–Crippen MR) is 155 cm³/mol. The molecule has 7 N–H and O–H groups in total. The van der Waals surface area contributed by atoms with Crippen LogP contribution in [0.2, 0.25) is 0 Å². The number of aliphatic carboxylic acids is 1. The molecule has 16 nitrogen and oxygen atoms in total. The molecule has 18 heteroatoms. The van der Waals surface area contributed by atoms with Gasteiger partial charge < -0.3 is 40.0 Å². The number of amides is 1. The number of nitrogens with two attached hydrogens (primary N) is 1. The number of ether oxygens (including phenoxy) is 2. The van der Waals surface area contributed by atoms with Gasteiger partial charge in [0.05, 0.1) is 31.1 Å². The Kier molecular flexibility index (Phi) is 13.4. The van der Waals surface area contributed by atoms with Crippen LogP contribution < -0.4 is 49.8 Å². The quantitative estimate of drug-likeness (QED) is 0.0695. The molecule has 46 heavy (non-hydrogen) atoms. The van der Waals surface area contributed by atoms with Crippen molar-refractivity contribution in [2.45, 2.75) is 62.6 Å². The minimum atomic E-state index is -4.25. The number of nitrogens with zero attached hydrogens (tertiary/aromatic N) is 3. The molecule has 4 rings (SSSR count). The maximum atomic E-state index is 12.2. The van der Waals surface area contributed by atoms with Crippen molar-refractivity contribution in [2.75, 3.05) is 13.2 Å². The van der Waals surface area contributed by atoms with Gasteiger partial charge in [-0.2, -0.15) is 13.1 Å². The molecule has 1 aliphatic rings. The van der Waals surface area contributed by atoms with Crippen LogP contribution in [0.3, 0.4) is 0 Å². The molecule has 0 radical (unpaired) electrons. The fraction of sp³-hybridized carbons (Fsp3) is 0.429. The first kappa shape index (κ1) is 37.6. The molecule has 6 atom stereocenters. The summed E-state index contributed by atoms with van der Waals surface area (Å²) in [6, 6.07) is 16.3. The Hall–Kier alpha value is -2.81. The number of aromatic nitrogens is 3. The van der Waals surface area contributed by atoms with Gasteiger partial charge in [0.2, 0.25) is 11.7 Å². The van der Waals surface area contributed by atoms with Crippen LogP contribution in [0, 0.1) is 0 Å². The molecule has 2 heterocycles. The van der Waals surface area contributed by atoms with Crippen LogP contribution in [0.25, 0.3) is 22.4 Å². The van der Waals surface area contributed by atoms with Gasteiger partial charge in [0.25, 0.3) is 10.2 Å². The van der Waals surface area contributed by atoms with Crippen molar-refractivity contribution in [2.24, 2.45) is 5.14 Å². The summed E-state index contributed by atoms with van der Waals surface area (Å²) in [6.45, 7) is 0.366. The van der Waals surface area contributed by atoms with E-state index in [-0.39, 0.29) is 49.1 Å². The Labute approximate surface area is 287 Å². The first-order chi connectivity index (χ1) is 21.3. The van der Waals surface area contributed by atoms with Crippen molar-refractivity contribution in [1.82, 2.24) is 25.0 Å². The smallest absolute Gasteiger partial charge is 0.544 e. The van der Waals surface area contributed by atoms with Crippen LogP contribution in [0.4, 0.5) is 0 Å². The molecule has 244 valence electrons. The molecule has 1 fully saturated rings. The van der Waals surface area contributed by atoms with E-state index in [1.165, 1.54) is 0 Å². The van der Waals surface area contributed by atoms with Gasteiger partial charge in [-0.15, -0.1) is 5.10 Å². The summed E-state index contributed by atoms with van der Waals surface area (Å²) >= 11 is 0. The van der Waals surface area contributed by atoms with Gasteiger partial charge in [0, 0.05) is 32.0 Å². The fourth-order valence-electron chi connectivity index (χ4n) is 4.95. The number of aliphatic hydroxyl groups is 3. The molecule has 1 saturated heterocycles. The minimum absolute atomic E-state index is 0. The van der Waals surface area contributed by atoms with Gasteiger partial charge in [0.1, 0.15) is 23.9 Å². The molecule has 3 aromatic rings. The normalized spacial score (nSPS) is 22.8. The topological polar surface area (TPSA) is 251 Å². The Balaban J connectivity index is 0.00000576. The predicted octanol–water partition coefficient (Wildman–Crippen LogP) is -5.36. The number of carbonyl (C=O) groups excluding carboxylic acids is 2. The SMILES string of the molecule is CC(=O)N[C@H]1[C@H]([C@H](O)[C@H](O)CNS(N)(=O)=O)O[C@@](OCCCn2cc(-c3ccc(-c4ccccc4)cc3)nn2)(C(=O)[O-])C[C@@H]1O.[Na+]. The van der Waals surface area contributed by atoms with Crippen LogP contribution in [-0.4, -0.2) is 100 Å². The molecule has 0 saturated carbocycles. The average molecular weight is 671 g/mol. The maximum Gasteiger partial charge on any atom is 1.00 e. The van der Waals surface area contributed by atoms with E-state index in [2.05, 4.69) is 15.6 Å². The molecular formula is C28H35N6NaO10S. The minimum Gasteiger partial charge on any atom is -0.544 e. The third kappa shape index (κ3) is 9.85. The van der Waals surface area contributed by atoms with Gasteiger partial charge in [0.15, 0.2) is 0 Å². The molecule has 2 aromatic carbocycles. The van der Waals surface area contributed by atoms with Crippen molar-refractivity contribution >= 4 is 22.1 Å². The van der Waals surface area contributed by atoms with Gasteiger partial charge in [-0.05, 0) is 17.5 Å². The van der Waals surface area contributed by atoms with E-state index in [1.807, 2.05) is 54.6 Å². The molecule has 0 aliphatic carbocycles. The van der Waals surface area contributed by atoms with Gasteiger partial charge in [-0.3, -0.25) is 9.48 Å². The first-order valence-corrected chi connectivity index (χ1v) is 15.5. The summed E-state index contributed by atoms with van der Waals surface area (Å²) in [6.07, 6.45) is -6.05. The van der Waals surface area contributed by atoms with Crippen molar-refractivity contribution in [1.29, 1.82) is 0 Å². The van der Waals surface area contributed by atoms with E-state index in [9.17, 15) is 38.4 Å². The number of benzene rings is 2. The Bertz CT molecular complexity index is 1560. The number of carboxylic acid groups (broad SMARTS) is 1. The second-order valence-corrected chi connectivity index (χ2v) is 12.0. The molecule has 0 spiro atoms. The van der Waals surface area contributed by atoms with Crippen molar-refractivity contribution < 1.29 is 77.5 Å². The molecule has 0 unspecified atom stereocenters. The monoisotopic (exact) mass is 670 g/mol. The Morgan fingerprint density at radius 1 is 1.15 bits per heavy atom. The number of carboxylic acids is 1. The molecular weight excluding hydrogens is 635 g/mol. The van der Waals surface area contributed by atoms with E-state index in [1.54, 1.807) is 15.6 Å². The van der Waals surface area contributed by atoms with E-state index in [4.69, 9.17) is 14.6 Å². The number of rotatable bonds is 14. The van der Waals surface area contributed by atoms with Crippen molar-refractivity contribution in [3.63, 3.8) is 0 Å². The summed E-state index contributed by atoms with van der Waals surface area (Å²) in [5.41, 5.74) is 3.60. The standard InChI is InChI=1S/C28H36N6O10S.Na/c1-17(35)31-24-22(36)14-28(27(39)40,44-26(24)25(38)23(37)15-30-45(29,41)42)43-13-5-12-34-16-21(32-33-34)20-10-8-19(9-11-20)18-6-3-2-4-7-18;/h2-4,6-11,16,22-26,30,36-38H,5,12-15H2,1H3,(H,31,35)(H,39,40)(H2,29,41,42);/q;+1/p-1/t22-,23+,24+,25+,26+,28+;/m0./s1. The summed E-state index contributed by atoms with van der Waals surface area (Å²) in [5.74, 6) is -5.11. The van der Waals surface area contributed by atoms with Gasteiger partial charge in [-0.25, -0.2) is 5.14 Å². The van der Waals surface area contributed by atoms with Crippen LogP contribution in [0.5, 0.6) is 0 Å². The number of hydrogen-bond donors (Lipinski definition) is 6. The first-order valence-electron chi connectivity index (χ1n) is 14.0. The Morgan fingerprint density at radius 3 is 2.39 bits per heavy atom. The van der Waals surface area contributed by atoms with Crippen LogP contribution in [-0.2, 0) is 35.8 Å². The molecule has 0 bridgehead atoms. The second-order valence-electron chi connectivity index (χ2n) is 10.6. The van der Waals surface area contributed by atoms with E-state index < -0.39 is 71.3 Å². The molecule has 1 amide bonds. The van der Waals surface area contributed by atoms with Crippen molar-refractivity contribution in [3.05, 3.63) is 60.8 Å². The molecule has 1 aliphatic heterocycles. The molecule has 1 aromatic heterocycles. The maximum absolute atomic E-state index is 12.2. The number of carbonyl (C=O) groups is 2. The second kappa shape index (κ2) is 16.3. The zero-order valence-electron chi connectivity index (χ0n) is 25.2. The van der Waals surface area contributed by atoms with Crippen LogP contribution in [0.15, 0.2) is 60.8 Å². The number of aryl methyl sites for hydroxylation is 1. The number of hydrogen-bond acceptors (Lipinski definition) is 12. The average Bonchev–Trinajstić information content (AvgIpc) is 3.48. The largest absolute Gasteiger partial charge is 1.00 e. The third-order valence-electron chi connectivity index (χ3n) is 7.17. The van der Waals surface area contributed by atoms with Crippen LogP contribution in [0.1, 0.15) is 19.8 Å².